The molecule has 1 unspecified atom stereocenters. The number of amides is 4. The molecule has 0 aliphatic carbocycles. The second kappa shape index (κ2) is 19.4. The zero-order valence-electron chi connectivity index (χ0n) is 22.1. The number of ether oxygens (including phenoxy) is 3. The van der Waals surface area contributed by atoms with Crippen LogP contribution in [0.4, 0.5) is 0 Å². The lowest BCUT2D eigenvalue weighted by Crippen LogP contribution is -2.35. The Kier molecular flexibility index (Phi) is 16.6. The van der Waals surface area contributed by atoms with Gasteiger partial charge in [-0.3, -0.25) is 38.5 Å². The molecule has 0 radical (unpaired) electrons. The van der Waals surface area contributed by atoms with E-state index in [2.05, 4.69) is 10.6 Å². The van der Waals surface area contributed by atoms with Crippen molar-refractivity contribution in [1.82, 2.24) is 15.5 Å². The molecule has 14 heteroatoms. The number of hydrogen-bond acceptors (Lipinski definition) is 10. The molecule has 1 atom stereocenters. The lowest BCUT2D eigenvalue weighted by molar-refractivity contribution is -0.148. The van der Waals surface area contributed by atoms with Crippen LogP contribution in [0.3, 0.4) is 0 Å². The first-order valence-electron chi connectivity index (χ1n) is 12.7. The van der Waals surface area contributed by atoms with Crippen molar-refractivity contribution >= 4 is 41.4 Å². The van der Waals surface area contributed by atoms with Crippen LogP contribution in [0.1, 0.15) is 44.9 Å². The Balaban J connectivity index is 2.09. The van der Waals surface area contributed by atoms with E-state index in [0.29, 0.717) is 25.8 Å². The molecule has 1 rings (SSSR count). The summed E-state index contributed by atoms with van der Waals surface area (Å²) < 4.78 is 15.4. The van der Waals surface area contributed by atoms with Crippen LogP contribution in [-0.4, -0.2) is 105 Å². The maximum Gasteiger partial charge on any atom is 0.309 e. The summed E-state index contributed by atoms with van der Waals surface area (Å²) in [7, 11) is 1.24. The molecule has 218 valence electrons. The summed E-state index contributed by atoms with van der Waals surface area (Å²) >= 11 is 0. The van der Waals surface area contributed by atoms with Crippen LogP contribution in [0.15, 0.2) is 12.2 Å². The maximum atomic E-state index is 12.2. The van der Waals surface area contributed by atoms with Crippen molar-refractivity contribution in [3.63, 3.8) is 0 Å². The van der Waals surface area contributed by atoms with Gasteiger partial charge in [0.1, 0.15) is 6.61 Å². The van der Waals surface area contributed by atoms with Gasteiger partial charge in [-0.1, -0.05) is 6.42 Å². The van der Waals surface area contributed by atoms with E-state index < -0.39 is 29.7 Å². The Morgan fingerprint density at radius 3 is 2.18 bits per heavy atom. The van der Waals surface area contributed by atoms with Gasteiger partial charge in [0, 0.05) is 51.0 Å². The minimum Gasteiger partial charge on any atom is -0.481 e. The topological polar surface area (TPSA) is 195 Å². The number of unbranched alkanes of at least 4 members (excludes halogenated alkanes) is 1. The van der Waals surface area contributed by atoms with E-state index in [-0.39, 0.29) is 82.8 Å². The first kappa shape index (κ1) is 33.4. The minimum absolute atomic E-state index is 0.00442. The van der Waals surface area contributed by atoms with Gasteiger partial charge in [0.15, 0.2) is 5.78 Å². The van der Waals surface area contributed by atoms with E-state index >= 15 is 0 Å². The molecule has 0 aromatic carbocycles. The summed E-state index contributed by atoms with van der Waals surface area (Å²) in [6, 6.07) is 0. The van der Waals surface area contributed by atoms with Gasteiger partial charge in [-0.2, -0.15) is 0 Å². The first-order chi connectivity index (χ1) is 18.6. The number of rotatable bonds is 22. The third-order valence-electron chi connectivity index (χ3n) is 5.54. The summed E-state index contributed by atoms with van der Waals surface area (Å²) in [4.78, 5) is 81.8. The predicted molar refractivity (Wildman–Crippen MR) is 134 cm³/mol. The van der Waals surface area contributed by atoms with Crippen molar-refractivity contribution in [2.24, 2.45) is 5.92 Å². The Morgan fingerprint density at radius 1 is 0.872 bits per heavy atom. The molecule has 1 heterocycles. The highest BCUT2D eigenvalue weighted by molar-refractivity contribution is 6.13. The number of nitrogens with zero attached hydrogens (tertiary/aromatic N) is 1. The van der Waals surface area contributed by atoms with E-state index in [9.17, 15) is 33.6 Å². The number of Topliss-reactive ketones (excluding diaryl/α,β-unsaturated/α-hetero) is 1. The fourth-order valence-corrected chi connectivity index (χ4v) is 3.48. The Hall–Kier alpha value is -3.65. The molecule has 0 aromatic rings. The van der Waals surface area contributed by atoms with Gasteiger partial charge < -0.3 is 30.0 Å². The first-order valence-corrected chi connectivity index (χ1v) is 12.7. The van der Waals surface area contributed by atoms with E-state index in [1.54, 1.807) is 0 Å². The van der Waals surface area contributed by atoms with Gasteiger partial charge in [0.2, 0.25) is 11.8 Å². The predicted octanol–water partition coefficient (Wildman–Crippen LogP) is -0.649. The highest BCUT2D eigenvalue weighted by Crippen LogP contribution is 2.15. The lowest BCUT2D eigenvalue weighted by Gasteiger charge is -2.14. The van der Waals surface area contributed by atoms with Crippen LogP contribution >= 0.6 is 0 Å². The molecule has 0 bridgehead atoms. The summed E-state index contributed by atoms with van der Waals surface area (Å²) in [5.74, 6) is -4.02. The average Bonchev–Trinajstić information content (AvgIpc) is 3.22. The normalized spacial score (nSPS) is 13.3. The maximum absolute atomic E-state index is 12.2. The van der Waals surface area contributed by atoms with E-state index in [0.717, 1.165) is 17.1 Å². The summed E-state index contributed by atoms with van der Waals surface area (Å²) in [5, 5.41) is 13.8. The number of imide groups is 1. The summed E-state index contributed by atoms with van der Waals surface area (Å²) in [6.07, 6.45) is 3.43. The van der Waals surface area contributed by atoms with Crippen LogP contribution < -0.4 is 10.6 Å². The highest BCUT2D eigenvalue weighted by Gasteiger charge is 2.24. The zero-order chi connectivity index (χ0) is 29.0. The molecule has 39 heavy (non-hydrogen) atoms. The number of carbonyl (C=O) groups excluding carboxylic acids is 6. The van der Waals surface area contributed by atoms with Crippen molar-refractivity contribution in [3.05, 3.63) is 12.2 Å². The number of carbonyl (C=O) groups is 7. The van der Waals surface area contributed by atoms with Crippen molar-refractivity contribution < 1.29 is 52.9 Å². The molecule has 4 amide bonds. The number of hydrogen-bond donors (Lipinski definition) is 3. The summed E-state index contributed by atoms with van der Waals surface area (Å²) in [6.45, 7) is 0.897. The fraction of sp³-hybridized carbons (Fsp3) is 0.640. The number of aliphatic carboxylic acids is 1. The molecule has 1 aliphatic heterocycles. The third-order valence-corrected chi connectivity index (χ3v) is 5.54. The molecular weight excluding hydrogens is 518 g/mol. The van der Waals surface area contributed by atoms with Gasteiger partial charge in [-0.05, 0) is 12.8 Å². The number of carboxylic acids is 1. The van der Waals surface area contributed by atoms with Crippen molar-refractivity contribution in [2.75, 3.05) is 53.2 Å². The standard InChI is InChI=1S/C25H37N3O11/c1-37-25(36)18(4-2-3-10-26-20(30)5-8-24(34)35)16-19(29)17-39-15-14-38-13-11-27-21(31)9-12-28-22(32)6-7-23(28)33/h6-7,18H,2-5,8-17H2,1H3,(H,26,30)(H,27,31)(H,34,35). The lowest BCUT2D eigenvalue weighted by atomic mass is 9.96. The van der Waals surface area contributed by atoms with E-state index in [1.165, 1.54) is 7.11 Å². The van der Waals surface area contributed by atoms with Crippen molar-refractivity contribution in [3.8, 4) is 0 Å². The fourth-order valence-electron chi connectivity index (χ4n) is 3.48. The number of carboxylic acid groups (broad SMARTS) is 1. The zero-order valence-corrected chi connectivity index (χ0v) is 22.1. The molecule has 0 saturated heterocycles. The largest absolute Gasteiger partial charge is 0.481 e. The van der Waals surface area contributed by atoms with Crippen LogP contribution in [-0.2, 0) is 47.8 Å². The highest BCUT2D eigenvalue weighted by atomic mass is 16.5. The molecule has 0 spiro atoms. The molecule has 3 N–H and O–H groups in total. The number of methoxy groups -OCH3 is 1. The SMILES string of the molecule is COC(=O)C(CCCCNC(=O)CCC(=O)O)CC(=O)COCCOCCNC(=O)CCN1C(=O)C=CC1=O. The van der Waals surface area contributed by atoms with Gasteiger partial charge in [-0.25, -0.2) is 0 Å². The monoisotopic (exact) mass is 555 g/mol. The van der Waals surface area contributed by atoms with Crippen LogP contribution in [0.5, 0.6) is 0 Å². The molecule has 0 fully saturated rings. The third kappa shape index (κ3) is 15.4. The molecular formula is C25H37N3O11. The van der Waals surface area contributed by atoms with Crippen LogP contribution in [0, 0.1) is 5.92 Å². The Morgan fingerprint density at radius 2 is 1.51 bits per heavy atom. The van der Waals surface area contributed by atoms with Crippen molar-refractivity contribution in [1.29, 1.82) is 0 Å². The molecule has 14 nitrogen and oxygen atoms in total. The Bertz CT molecular complexity index is 886. The second-order valence-electron chi connectivity index (χ2n) is 8.63. The number of nitrogens with one attached hydrogen (secondary N) is 2. The smallest absolute Gasteiger partial charge is 0.309 e. The van der Waals surface area contributed by atoms with E-state index in [1.807, 2.05) is 0 Å². The minimum atomic E-state index is -1.04. The molecule has 0 saturated carbocycles. The average molecular weight is 556 g/mol. The number of ketones is 1. The second-order valence-corrected chi connectivity index (χ2v) is 8.63. The summed E-state index contributed by atoms with van der Waals surface area (Å²) in [5.41, 5.74) is 0. The molecule has 1 aliphatic rings. The van der Waals surface area contributed by atoms with Crippen LogP contribution in [0.2, 0.25) is 0 Å². The number of esters is 1. The van der Waals surface area contributed by atoms with Crippen molar-refractivity contribution in [2.45, 2.75) is 44.9 Å². The van der Waals surface area contributed by atoms with Crippen LogP contribution in [0.25, 0.3) is 0 Å². The van der Waals surface area contributed by atoms with Gasteiger partial charge in [0.05, 0.1) is 39.3 Å². The quantitative estimate of drug-likeness (QED) is 0.0872. The van der Waals surface area contributed by atoms with Gasteiger partial charge in [0.25, 0.3) is 11.8 Å². The Labute approximate surface area is 226 Å². The van der Waals surface area contributed by atoms with E-state index in [4.69, 9.17) is 19.3 Å². The van der Waals surface area contributed by atoms with Gasteiger partial charge in [-0.15, -0.1) is 0 Å². The molecule has 0 aromatic heterocycles. The van der Waals surface area contributed by atoms with Gasteiger partial charge >= 0.3 is 11.9 Å².